The molecule has 6 heteroatoms. The van der Waals surface area contributed by atoms with Gasteiger partial charge in [-0.1, -0.05) is 24.6 Å². The average Bonchev–Trinajstić information content (AvgIpc) is 2.35. The van der Waals surface area contributed by atoms with Crippen LogP contribution in [0.4, 0.5) is 0 Å². The van der Waals surface area contributed by atoms with E-state index in [0.717, 1.165) is 18.5 Å². The molecular formula is C13H19ClN2O2S. The zero-order valence-corrected chi connectivity index (χ0v) is 12.7. The molecule has 2 rings (SSSR count). The van der Waals surface area contributed by atoms with E-state index < -0.39 is 10.0 Å². The first kappa shape index (κ1) is 14.8. The molecule has 1 aliphatic heterocycles. The van der Waals surface area contributed by atoms with Crippen molar-refractivity contribution in [1.82, 2.24) is 10.0 Å². The summed E-state index contributed by atoms with van der Waals surface area (Å²) in [5.41, 5.74) is 0.869. The number of halogens is 1. The number of hydrogen-bond donors (Lipinski definition) is 2. The molecule has 0 bridgehead atoms. The first-order valence-corrected chi connectivity index (χ1v) is 8.25. The van der Waals surface area contributed by atoms with Crippen LogP contribution in [-0.2, 0) is 10.0 Å². The van der Waals surface area contributed by atoms with Gasteiger partial charge in [-0.3, -0.25) is 0 Å². The van der Waals surface area contributed by atoms with Gasteiger partial charge in [-0.25, -0.2) is 13.1 Å². The Morgan fingerprint density at radius 2 is 2.16 bits per heavy atom. The normalized spacial score (nSPS) is 24.4. The molecule has 0 amide bonds. The van der Waals surface area contributed by atoms with Crippen molar-refractivity contribution < 1.29 is 8.42 Å². The Bertz CT molecular complexity index is 560. The van der Waals surface area contributed by atoms with Gasteiger partial charge < -0.3 is 5.32 Å². The molecule has 1 aromatic rings. The summed E-state index contributed by atoms with van der Waals surface area (Å²) < 4.78 is 27.4. The van der Waals surface area contributed by atoms with E-state index in [1.807, 2.05) is 6.92 Å². The Morgan fingerprint density at radius 1 is 1.42 bits per heavy atom. The van der Waals surface area contributed by atoms with Crippen LogP contribution in [0.3, 0.4) is 0 Å². The molecule has 2 unspecified atom stereocenters. The second-order valence-electron chi connectivity index (χ2n) is 5.11. The molecule has 1 aromatic carbocycles. The van der Waals surface area contributed by atoms with E-state index in [1.165, 1.54) is 6.07 Å². The quantitative estimate of drug-likeness (QED) is 0.897. The summed E-state index contributed by atoms with van der Waals surface area (Å²) in [4.78, 5) is 0.223. The van der Waals surface area contributed by atoms with Crippen LogP contribution >= 0.6 is 11.6 Å². The molecule has 0 spiro atoms. The lowest BCUT2D eigenvalue weighted by molar-refractivity contribution is 0.327. The number of nitrogens with one attached hydrogen (secondary N) is 2. The van der Waals surface area contributed by atoms with E-state index in [0.29, 0.717) is 17.5 Å². The highest BCUT2D eigenvalue weighted by Gasteiger charge is 2.26. The number of benzene rings is 1. The zero-order valence-electron chi connectivity index (χ0n) is 11.1. The van der Waals surface area contributed by atoms with Crippen LogP contribution in [0.15, 0.2) is 23.1 Å². The highest BCUT2D eigenvalue weighted by atomic mass is 35.5. The van der Waals surface area contributed by atoms with E-state index in [9.17, 15) is 8.42 Å². The average molecular weight is 303 g/mol. The second-order valence-corrected chi connectivity index (χ2v) is 7.23. The maximum Gasteiger partial charge on any atom is 0.240 e. The number of aryl methyl sites for hydroxylation is 1. The van der Waals surface area contributed by atoms with Crippen molar-refractivity contribution in [3.63, 3.8) is 0 Å². The zero-order chi connectivity index (χ0) is 14.0. The highest BCUT2D eigenvalue weighted by molar-refractivity contribution is 7.89. The summed E-state index contributed by atoms with van der Waals surface area (Å²) >= 11 is 5.99. The molecule has 4 nitrogen and oxygen atoms in total. The van der Waals surface area contributed by atoms with E-state index in [-0.39, 0.29) is 10.9 Å². The van der Waals surface area contributed by atoms with Gasteiger partial charge in [-0.15, -0.1) is 0 Å². The van der Waals surface area contributed by atoms with Gasteiger partial charge in [0.05, 0.1) is 4.90 Å². The molecule has 2 atom stereocenters. The number of sulfonamides is 1. The van der Waals surface area contributed by atoms with Crippen LogP contribution in [0, 0.1) is 12.8 Å². The fourth-order valence-electron chi connectivity index (χ4n) is 2.16. The standard InChI is InChI=1S/C13H19ClN2O2S/c1-9-3-4-11(7-12(9)14)19(17,18)16-13-8-15-6-5-10(13)2/h3-4,7,10,13,15-16H,5-6,8H2,1-2H3. The predicted octanol–water partition coefficient (Wildman–Crippen LogP) is 1.92. The maximum absolute atomic E-state index is 12.3. The molecule has 0 aliphatic carbocycles. The van der Waals surface area contributed by atoms with Crippen molar-refractivity contribution in [1.29, 1.82) is 0 Å². The van der Waals surface area contributed by atoms with Gasteiger partial charge in [-0.05, 0) is 43.5 Å². The lowest BCUT2D eigenvalue weighted by atomic mass is 9.96. The molecule has 106 valence electrons. The minimum atomic E-state index is -3.51. The second kappa shape index (κ2) is 5.79. The summed E-state index contributed by atoms with van der Waals surface area (Å²) in [6.07, 6.45) is 0.974. The third-order valence-corrected chi connectivity index (χ3v) is 5.48. The SMILES string of the molecule is Cc1ccc(S(=O)(=O)NC2CNCCC2C)cc1Cl. The van der Waals surface area contributed by atoms with Gasteiger partial charge in [0.25, 0.3) is 0 Å². The van der Waals surface area contributed by atoms with Gasteiger partial charge in [-0.2, -0.15) is 0 Å². The summed E-state index contributed by atoms with van der Waals surface area (Å²) in [6, 6.07) is 4.74. The minimum Gasteiger partial charge on any atom is -0.315 e. The van der Waals surface area contributed by atoms with Crippen LogP contribution in [0.2, 0.25) is 5.02 Å². The molecule has 1 aliphatic rings. The number of piperidine rings is 1. The first-order valence-electron chi connectivity index (χ1n) is 6.39. The summed E-state index contributed by atoms with van der Waals surface area (Å²) in [5, 5.41) is 3.68. The molecule has 1 fully saturated rings. The molecule has 0 radical (unpaired) electrons. The van der Waals surface area contributed by atoms with Crippen LogP contribution in [-0.4, -0.2) is 27.5 Å². The van der Waals surface area contributed by atoms with Gasteiger partial charge in [0, 0.05) is 17.6 Å². The number of rotatable bonds is 3. The molecule has 1 heterocycles. The predicted molar refractivity (Wildman–Crippen MR) is 76.9 cm³/mol. The monoisotopic (exact) mass is 302 g/mol. The summed E-state index contributed by atoms with van der Waals surface area (Å²) in [7, 11) is -3.51. The van der Waals surface area contributed by atoms with Crippen molar-refractivity contribution in [3.8, 4) is 0 Å². The maximum atomic E-state index is 12.3. The molecule has 0 saturated carbocycles. The molecule has 0 aromatic heterocycles. The van der Waals surface area contributed by atoms with Gasteiger partial charge in [0.2, 0.25) is 10.0 Å². The smallest absolute Gasteiger partial charge is 0.240 e. The topological polar surface area (TPSA) is 58.2 Å². The summed E-state index contributed by atoms with van der Waals surface area (Å²) in [6.45, 7) is 5.52. The van der Waals surface area contributed by atoms with Crippen molar-refractivity contribution >= 4 is 21.6 Å². The molecule has 19 heavy (non-hydrogen) atoms. The molecule has 2 N–H and O–H groups in total. The Hall–Kier alpha value is -0.620. The highest BCUT2D eigenvalue weighted by Crippen LogP contribution is 2.21. The minimum absolute atomic E-state index is 0.0705. The van der Waals surface area contributed by atoms with Crippen molar-refractivity contribution in [2.75, 3.05) is 13.1 Å². The van der Waals surface area contributed by atoms with Crippen molar-refractivity contribution in [2.24, 2.45) is 5.92 Å². The van der Waals surface area contributed by atoms with Gasteiger partial charge >= 0.3 is 0 Å². The van der Waals surface area contributed by atoms with Crippen molar-refractivity contribution in [2.45, 2.75) is 31.2 Å². The third-order valence-electron chi connectivity index (χ3n) is 3.59. The Morgan fingerprint density at radius 3 is 2.79 bits per heavy atom. The summed E-state index contributed by atoms with van der Waals surface area (Å²) in [5.74, 6) is 0.331. The Kier molecular flexibility index (Phi) is 4.50. The lowest BCUT2D eigenvalue weighted by Crippen LogP contribution is -2.50. The Balaban J connectivity index is 2.19. The van der Waals surface area contributed by atoms with E-state index in [2.05, 4.69) is 17.0 Å². The van der Waals surface area contributed by atoms with Crippen LogP contribution in [0.25, 0.3) is 0 Å². The Labute approximate surface area is 119 Å². The largest absolute Gasteiger partial charge is 0.315 e. The fourth-order valence-corrected chi connectivity index (χ4v) is 3.77. The fraction of sp³-hybridized carbons (Fsp3) is 0.538. The van der Waals surface area contributed by atoms with E-state index in [4.69, 9.17) is 11.6 Å². The van der Waals surface area contributed by atoms with Crippen molar-refractivity contribution in [3.05, 3.63) is 28.8 Å². The molecule has 1 saturated heterocycles. The van der Waals surface area contributed by atoms with Gasteiger partial charge in [0.15, 0.2) is 0 Å². The first-order chi connectivity index (χ1) is 8.90. The van der Waals surface area contributed by atoms with Crippen LogP contribution < -0.4 is 10.0 Å². The van der Waals surface area contributed by atoms with Crippen LogP contribution in [0.5, 0.6) is 0 Å². The molecular weight excluding hydrogens is 284 g/mol. The van der Waals surface area contributed by atoms with Gasteiger partial charge in [0.1, 0.15) is 0 Å². The third kappa shape index (κ3) is 3.48. The van der Waals surface area contributed by atoms with E-state index in [1.54, 1.807) is 12.1 Å². The lowest BCUT2D eigenvalue weighted by Gasteiger charge is -2.30. The van der Waals surface area contributed by atoms with Crippen LogP contribution in [0.1, 0.15) is 18.9 Å². The van der Waals surface area contributed by atoms with E-state index >= 15 is 0 Å². The number of hydrogen-bond acceptors (Lipinski definition) is 3.